The van der Waals surface area contributed by atoms with Gasteiger partial charge in [-0.05, 0) is 18.6 Å². The maximum atomic E-state index is 4.96. The molecule has 2 nitrogen and oxygen atoms in total. The monoisotopic (exact) mass is 175 g/mol. The van der Waals surface area contributed by atoms with Gasteiger partial charge in [-0.1, -0.05) is 19.2 Å². The fourth-order valence-corrected chi connectivity index (χ4v) is 0.912. The van der Waals surface area contributed by atoms with Crippen molar-refractivity contribution in [1.82, 2.24) is 4.98 Å². The van der Waals surface area contributed by atoms with Crippen molar-refractivity contribution in [1.29, 1.82) is 0 Å². The minimum atomic E-state index is 0.552. The van der Waals surface area contributed by atoms with Gasteiger partial charge in [-0.25, -0.2) is 0 Å². The van der Waals surface area contributed by atoms with Crippen molar-refractivity contribution in [3.63, 3.8) is 0 Å². The van der Waals surface area contributed by atoms with Gasteiger partial charge in [0.2, 0.25) is 0 Å². The SMILES string of the molecule is C=C(OC)C(=C)c1ccc(C)cn1. The number of nitrogens with zero attached hydrogens (tertiary/aromatic N) is 1. The number of ether oxygens (including phenoxy) is 1. The Labute approximate surface area is 78.6 Å². The molecule has 0 unspecified atom stereocenters. The minimum absolute atomic E-state index is 0.552. The van der Waals surface area contributed by atoms with E-state index in [-0.39, 0.29) is 0 Å². The van der Waals surface area contributed by atoms with Crippen LogP contribution in [-0.4, -0.2) is 12.1 Å². The van der Waals surface area contributed by atoms with Crippen LogP contribution in [-0.2, 0) is 4.74 Å². The summed E-state index contributed by atoms with van der Waals surface area (Å²) in [6, 6.07) is 3.89. The molecule has 1 heterocycles. The summed E-state index contributed by atoms with van der Waals surface area (Å²) in [6.07, 6.45) is 1.80. The molecule has 68 valence electrons. The third-order valence-electron chi connectivity index (χ3n) is 1.80. The van der Waals surface area contributed by atoms with Crippen LogP contribution < -0.4 is 0 Å². The standard InChI is InChI=1S/C11H13NO/c1-8-5-6-11(12-7-8)9(2)10(3)13-4/h5-7H,2-3H2,1,4H3. The van der Waals surface area contributed by atoms with Gasteiger partial charge in [0.25, 0.3) is 0 Å². The zero-order chi connectivity index (χ0) is 9.84. The topological polar surface area (TPSA) is 22.1 Å². The van der Waals surface area contributed by atoms with Gasteiger partial charge in [0, 0.05) is 11.8 Å². The van der Waals surface area contributed by atoms with E-state index in [0.29, 0.717) is 5.76 Å². The second kappa shape index (κ2) is 3.90. The number of methoxy groups -OCH3 is 1. The normalized spacial score (nSPS) is 9.38. The van der Waals surface area contributed by atoms with E-state index in [1.165, 1.54) is 0 Å². The Morgan fingerprint density at radius 2 is 2.08 bits per heavy atom. The van der Waals surface area contributed by atoms with Crippen LogP contribution in [0.2, 0.25) is 0 Å². The lowest BCUT2D eigenvalue weighted by molar-refractivity contribution is 0.313. The molecule has 0 bridgehead atoms. The van der Waals surface area contributed by atoms with E-state index in [0.717, 1.165) is 16.8 Å². The van der Waals surface area contributed by atoms with Crippen molar-refractivity contribution in [2.45, 2.75) is 6.92 Å². The molecule has 0 spiro atoms. The van der Waals surface area contributed by atoms with Gasteiger partial charge in [-0.2, -0.15) is 0 Å². The lowest BCUT2D eigenvalue weighted by Crippen LogP contribution is -1.92. The molecule has 1 rings (SSSR count). The third kappa shape index (κ3) is 2.18. The first-order valence-electron chi connectivity index (χ1n) is 4.00. The van der Waals surface area contributed by atoms with E-state index in [1.807, 2.05) is 19.1 Å². The highest BCUT2D eigenvalue weighted by Gasteiger charge is 2.03. The number of hydrogen-bond acceptors (Lipinski definition) is 2. The van der Waals surface area contributed by atoms with Crippen molar-refractivity contribution in [2.24, 2.45) is 0 Å². The molecule has 0 amide bonds. The molecule has 1 aromatic rings. The third-order valence-corrected chi connectivity index (χ3v) is 1.80. The van der Waals surface area contributed by atoms with Crippen LogP contribution in [0.4, 0.5) is 0 Å². The molecule has 2 heteroatoms. The summed E-state index contributed by atoms with van der Waals surface area (Å²) in [5.74, 6) is 0.552. The summed E-state index contributed by atoms with van der Waals surface area (Å²) < 4.78 is 4.96. The Balaban J connectivity index is 2.90. The summed E-state index contributed by atoms with van der Waals surface area (Å²) >= 11 is 0. The molecule has 0 fully saturated rings. The average molecular weight is 175 g/mol. The Hall–Kier alpha value is -1.57. The van der Waals surface area contributed by atoms with E-state index < -0.39 is 0 Å². The Morgan fingerprint density at radius 3 is 2.54 bits per heavy atom. The van der Waals surface area contributed by atoms with Crippen molar-refractivity contribution in [2.75, 3.05) is 7.11 Å². The molecule has 0 aliphatic rings. The predicted molar refractivity (Wildman–Crippen MR) is 54.2 cm³/mol. The van der Waals surface area contributed by atoms with Crippen LogP contribution in [0, 0.1) is 6.92 Å². The van der Waals surface area contributed by atoms with Gasteiger partial charge in [0.1, 0.15) is 5.76 Å². The molecule has 13 heavy (non-hydrogen) atoms. The van der Waals surface area contributed by atoms with Crippen molar-refractivity contribution in [3.05, 3.63) is 48.5 Å². The fourth-order valence-electron chi connectivity index (χ4n) is 0.912. The molecule has 0 radical (unpaired) electrons. The largest absolute Gasteiger partial charge is 0.497 e. The van der Waals surface area contributed by atoms with Crippen LogP contribution in [0.25, 0.3) is 5.57 Å². The van der Waals surface area contributed by atoms with Crippen LogP contribution in [0.3, 0.4) is 0 Å². The highest BCUT2D eigenvalue weighted by atomic mass is 16.5. The second-order valence-corrected chi connectivity index (χ2v) is 2.83. The smallest absolute Gasteiger partial charge is 0.120 e. The number of allylic oxidation sites excluding steroid dienone is 1. The van der Waals surface area contributed by atoms with Gasteiger partial charge in [0.15, 0.2) is 0 Å². The average Bonchev–Trinajstić information content (AvgIpc) is 2.17. The highest BCUT2D eigenvalue weighted by molar-refractivity contribution is 5.72. The van der Waals surface area contributed by atoms with E-state index in [1.54, 1.807) is 13.3 Å². The molecule has 0 aliphatic carbocycles. The number of hydrogen-bond donors (Lipinski definition) is 0. The molecular formula is C11H13NO. The second-order valence-electron chi connectivity index (χ2n) is 2.83. The molecule has 0 saturated carbocycles. The molecule has 0 N–H and O–H groups in total. The quantitative estimate of drug-likeness (QED) is 0.520. The Morgan fingerprint density at radius 1 is 1.38 bits per heavy atom. The summed E-state index contributed by atoms with van der Waals surface area (Å²) in [5, 5.41) is 0. The van der Waals surface area contributed by atoms with Gasteiger partial charge in [-0.15, -0.1) is 0 Å². The maximum absolute atomic E-state index is 4.96. The van der Waals surface area contributed by atoms with Gasteiger partial charge in [-0.3, -0.25) is 4.98 Å². The molecule has 0 saturated heterocycles. The van der Waals surface area contributed by atoms with Crippen molar-refractivity contribution < 1.29 is 4.74 Å². The molecular weight excluding hydrogens is 162 g/mol. The molecule has 0 aliphatic heterocycles. The van der Waals surface area contributed by atoms with Gasteiger partial charge >= 0.3 is 0 Å². The van der Waals surface area contributed by atoms with Crippen molar-refractivity contribution >= 4 is 5.57 Å². The van der Waals surface area contributed by atoms with E-state index in [9.17, 15) is 0 Å². The Bertz CT molecular complexity index is 324. The number of aromatic nitrogens is 1. The van der Waals surface area contributed by atoms with E-state index in [4.69, 9.17) is 4.74 Å². The molecule has 1 aromatic heterocycles. The highest BCUT2D eigenvalue weighted by Crippen LogP contribution is 2.17. The molecule has 0 atom stereocenters. The number of aryl methyl sites for hydroxylation is 1. The summed E-state index contributed by atoms with van der Waals surface area (Å²) in [6.45, 7) is 9.54. The van der Waals surface area contributed by atoms with Gasteiger partial charge < -0.3 is 4.74 Å². The van der Waals surface area contributed by atoms with Crippen LogP contribution in [0.5, 0.6) is 0 Å². The lowest BCUT2D eigenvalue weighted by Gasteiger charge is -2.06. The van der Waals surface area contributed by atoms with Crippen LogP contribution in [0.15, 0.2) is 37.2 Å². The first-order valence-corrected chi connectivity index (χ1v) is 4.00. The Kier molecular flexibility index (Phi) is 2.85. The zero-order valence-corrected chi connectivity index (χ0v) is 8.00. The first-order chi connectivity index (χ1) is 6.15. The van der Waals surface area contributed by atoms with E-state index >= 15 is 0 Å². The summed E-state index contributed by atoms with van der Waals surface area (Å²) in [5.41, 5.74) is 2.65. The number of pyridine rings is 1. The molecule has 0 aromatic carbocycles. The summed E-state index contributed by atoms with van der Waals surface area (Å²) in [4.78, 5) is 4.21. The van der Waals surface area contributed by atoms with Crippen LogP contribution in [0.1, 0.15) is 11.3 Å². The van der Waals surface area contributed by atoms with E-state index in [2.05, 4.69) is 18.1 Å². The first kappa shape index (κ1) is 9.52. The zero-order valence-electron chi connectivity index (χ0n) is 8.00. The summed E-state index contributed by atoms with van der Waals surface area (Å²) in [7, 11) is 1.57. The fraction of sp³-hybridized carbons (Fsp3) is 0.182. The van der Waals surface area contributed by atoms with Crippen molar-refractivity contribution in [3.8, 4) is 0 Å². The maximum Gasteiger partial charge on any atom is 0.120 e. The lowest BCUT2D eigenvalue weighted by atomic mass is 10.1. The van der Waals surface area contributed by atoms with Gasteiger partial charge in [0.05, 0.1) is 12.8 Å². The minimum Gasteiger partial charge on any atom is -0.497 e. The number of rotatable bonds is 3. The van der Waals surface area contributed by atoms with Crippen LogP contribution >= 0.6 is 0 Å². The predicted octanol–water partition coefficient (Wildman–Crippen LogP) is 2.56.